The summed E-state index contributed by atoms with van der Waals surface area (Å²) in [6, 6.07) is -0.432. The summed E-state index contributed by atoms with van der Waals surface area (Å²) in [6.07, 6.45) is 3.07. The van der Waals surface area contributed by atoms with Crippen molar-refractivity contribution in [3.05, 3.63) is 22.7 Å². The fraction of sp³-hybridized carbons (Fsp3) is 0.545. The van der Waals surface area contributed by atoms with Crippen molar-refractivity contribution in [3.8, 4) is 0 Å². The predicted molar refractivity (Wildman–Crippen MR) is 65.8 cm³/mol. The van der Waals surface area contributed by atoms with Crippen molar-refractivity contribution >= 4 is 11.7 Å². The van der Waals surface area contributed by atoms with E-state index in [-0.39, 0.29) is 23.3 Å². The second kappa shape index (κ2) is 5.47. The molecule has 0 bridgehead atoms. The Morgan fingerprint density at radius 3 is 2.65 bits per heavy atom. The number of anilines is 1. The van der Waals surface area contributed by atoms with E-state index < -0.39 is 6.04 Å². The third kappa shape index (κ3) is 3.58. The lowest BCUT2D eigenvalue weighted by Gasteiger charge is -2.16. The summed E-state index contributed by atoms with van der Waals surface area (Å²) in [5.74, 6) is 0.0223. The molecule has 1 aromatic rings. The van der Waals surface area contributed by atoms with Crippen LogP contribution >= 0.6 is 0 Å². The van der Waals surface area contributed by atoms with Gasteiger partial charge < -0.3 is 15.2 Å². The highest BCUT2D eigenvalue weighted by Crippen LogP contribution is 1.97. The second-order valence-electron chi connectivity index (χ2n) is 4.22. The Bertz CT molecular complexity index is 453. The van der Waals surface area contributed by atoms with Crippen molar-refractivity contribution in [3.63, 3.8) is 0 Å². The number of rotatable bonds is 4. The molecule has 0 aromatic carbocycles. The quantitative estimate of drug-likeness (QED) is 0.780. The molecule has 0 saturated carbocycles. The number of nitrogens with zero attached hydrogens (tertiary/aromatic N) is 2. The van der Waals surface area contributed by atoms with Crippen LogP contribution in [0.1, 0.15) is 20.8 Å². The van der Waals surface area contributed by atoms with Crippen LogP contribution in [0.5, 0.6) is 0 Å². The Morgan fingerprint density at radius 2 is 2.06 bits per heavy atom. The molecule has 2 N–H and O–H groups in total. The minimum absolute atomic E-state index is 0.0679. The maximum absolute atomic E-state index is 11.7. The summed E-state index contributed by atoms with van der Waals surface area (Å²) in [4.78, 5) is 27.2. The molecule has 17 heavy (non-hydrogen) atoms. The van der Waals surface area contributed by atoms with Crippen LogP contribution in [-0.4, -0.2) is 27.5 Å². The summed E-state index contributed by atoms with van der Waals surface area (Å²) in [5, 5.41) is 5.56. The van der Waals surface area contributed by atoms with Gasteiger partial charge in [0.1, 0.15) is 6.04 Å². The fourth-order valence-corrected chi connectivity index (χ4v) is 1.28. The predicted octanol–water partition coefficient (Wildman–Crippen LogP) is 0.105. The van der Waals surface area contributed by atoms with Crippen molar-refractivity contribution in [2.24, 2.45) is 7.05 Å². The van der Waals surface area contributed by atoms with Gasteiger partial charge in [0.2, 0.25) is 5.91 Å². The van der Waals surface area contributed by atoms with Crippen LogP contribution in [0.25, 0.3) is 0 Å². The van der Waals surface area contributed by atoms with E-state index in [9.17, 15) is 9.59 Å². The molecule has 0 aliphatic carbocycles. The lowest BCUT2D eigenvalue weighted by molar-refractivity contribution is -0.122. The van der Waals surface area contributed by atoms with Crippen molar-refractivity contribution in [1.29, 1.82) is 0 Å². The lowest BCUT2D eigenvalue weighted by atomic mass is 10.3. The highest BCUT2D eigenvalue weighted by atomic mass is 16.2. The molecule has 1 amide bonds. The van der Waals surface area contributed by atoms with Gasteiger partial charge in [-0.05, 0) is 20.8 Å². The topological polar surface area (TPSA) is 76.0 Å². The summed E-state index contributed by atoms with van der Waals surface area (Å²) < 4.78 is 1.41. The Hall–Kier alpha value is -1.85. The van der Waals surface area contributed by atoms with Crippen LogP contribution in [0.2, 0.25) is 0 Å². The van der Waals surface area contributed by atoms with Crippen LogP contribution < -0.4 is 16.2 Å². The first-order valence-corrected chi connectivity index (χ1v) is 5.50. The van der Waals surface area contributed by atoms with Crippen LogP contribution in [0.15, 0.2) is 17.2 Å². The monoisotopic (exact) mass is 238 g/mol. The number of amides is 1. The van der Waals surface area contributed by atoms with E-state index in [0.717, 1.165) is 0 Å². The zero-order valence-electron chi connectivity index (χ0n) is 10.5. The smallest absolute Gasteiger partial charge is 0.293 e. The normalized spacial score (nSPS) is 12.3. The molecule has 1 heterocycles. The Kier molecular flexibility index (Phi) is 4.25. The highest BCUT2D eigenvalue weighted by Gasteiger charge is 2.15. The SMILES string of the molecule is CC(C)NC(=O)C(C)Nc1nccn(C)c1=O. The molecule has 6 nitrogen and oxygen atoms in total. The first-order valence-electron chi connectivity index (χ1n) is 5.50. The van der Waals surface area contributed by atoms with Gasteiger partial charge in [0, 0.05) is 25.5 Å². The summed E-state index contributed by atoms with van der Waals surface area (Å²) in [5.41, 5.74) is -0.253. The fourth-order valence-electron chi connectivity index (χ4n) is 1.28. The number of carbonyl (C=O) groups is 1. The lowest BCUT2D eigenvalue weighted by Crippen LogP contribution is -2.42. The molecular formula is C11H18N4O2. The van der Waals surface area contributed by atoms with Crippen LogP contribution in [0.3, 0.4) is 0 Å². The van der Waals surface area contributed by atoms with Crippen LogP contribution in [0.4, 0.5) is 5.82 Å². The number of nitrogens with one attached hydrogen (secondary N) is 2. The first-order chi connectivity index (χ1) is 7.91. The van der Waals surface area contributed by atoms with E-state index in [1.165, 1.54) is 10.8 Å². The Labute approximate surface area is 100 Å². The van der Waals surface area contributed by atoms with Crippen molar-refractivity contribution in [2.75, 3.05) is 5.32 Å². The molecule has 1 unspecified atom stereocenters. The molecule has 94 valence electrons. The zero-order valence-corrected chi connectivity index (χ0v) is 10.5. The van der Waals surface area contributed by atoms with E-state index in [4.69, 9.17) is 0 Å². The van der Waals surface area contributed by atoms with Crippen LogP contribution in [-0.2, 0) is 11.8 Å². The molecule has 1 aromatic heterocycles. The second-order valence-corrected chi connectivity index (χ2v) is 4.22. The Morgan fingerprint density at radius 1 is 1.41 bits per heavy atom. The molecule has 0 saturated heterocycles. The van der Waals surface area contributed by atoms with Crippen molar-refractivity contribution < 1.29 is 4.79 Å². The van der Waals surface area contributed by atoms with E-state index >= 15 is 0 Å². The van der Waals surface area contributed by atoms with Gasteiger partial charge in [0.05, 0.1) is 0 Å². The van der Waals surface area contributed by atoms with Gasteiger partial charge in [-0.25, -0.2) is 4.98 Å². The molecule has 1 atom stereocenters. The number of aromatic nitrogens is 2. The summed E-state index contributed by atoms with van der Waals surface area (Å²) >= 11 is 0. The molecule has 0 aliphatic rings. The van der Waals surface area contributed by atoms with E-state index in [0.29, 0.717) is 0 Å². The average molecular weight is 238 g/mol. The molecule has 1 rings (SSSR count). The van der Waals surface area contributed by atoms with Gasteiger partial charge in [-0.15, -0.1) is 0 Å². The van der Waals surface area contributed by atoms with Gasteiger partial charge in [0.15, 0.2) is 5.82 Å². The highest BCUT2D eigenvalue weighted by molar-refractivity contribution is 5.83. The van der Waals surface area contributed by atoms with Gasteiger partial charge in [-0.3, -0.25) is 9.59 Å². The standard InChI is InChI=1S/C11H18N4O2/c1-7(2)13-10(16)8(3)14-9-11(17)15(4)6-5-12-9/h5-8H,1-4H3,(H,12,14)(H,13,16). The number of aryl methyl sites for hydroxylation is 1. The molecule has 0 aliphatic heterocycles. The minimum atomic E-state index is -0.500. The van der Waals surface area contributed by atoms with Gasteiger partial charge in [-0.1, -0.05) is 0 Å². The van der Waals surface area contributed by atoms with Crippen LogP contribution in [0, 0.1) is 0 Å². The maximum Gasteiger partial charge on any atom is 0.293 e. The first kappa shape index (κ1) is 13.2. The average Bonchev–Trinajstić information content (AvgIpc) is 2.23. The Balaban J connectivity index is 2.74. The summed E-state index contributed by atoms with van der Waals surface area (Å²) in [7, 11) is 1.63. The van der Waals surface area contributed by atoms with Gasteiger partial charge in [0.25, 0.3) is 5.56 Å². The third-order valence-corrected chi connectivity index (χ3v) is 2.19. The molecule has 6 heteroatoms. The zero-order chi connectivity index (χ0) is 13.0. The van der Waals surface area contributed by atoms with Crippen molar-refractivity contribution in [1.82, 2.24) is 14.9 Å². The maximum atomic E-state index is 11.7. The van der Waals surface area contributed by atoms with Gasteiger partial charge in [-0.2, -0.15) is 0 Å². The van der Waals surface area contributed by atoms with Gasteiger partial charge >= 0.3 is 0 Å². The summed E-state index contributed by atoms with van der Waals surface area (Å²) in [6.45, 7) is 5.45. The minimum Gasteiger partial charge on any atom is -0.354 e. The van der Waals surface area contributed by atoms with Crippen molar-refractivity contribution in [2.45, 2.75) is 32.9 Å². The van der Waals surface area contributed by atoms with E-state index in [1.54, 1.807) is 20.2 Å². The largest absolute Gasteiger partial charge is 0.354 e. The molecule has 0 radical (unpaired) electrons. The number of carbonyl (C=O) groups excluding carboxylic acids is 1. The number of hydrogen-bond donors (Lipinski definition) is 2. The molecule has 0 spiro atoms. The third-order valence-electron chi connectivity index (χ3n) is 2.19. The molecule has 0 fully saturated rings. The van der Waals surface area contributed by atoms with E-state index in [2.05, 4.69) is 15.6 Å². The number of hydrogen-bond acceptors (Lipinski definition) is 4. The van der Waals surface area contributed by atoms with E-state index in [1.807, 2.05) is 13.8 Å². The molecular weight excluding hydrogens is 220 g/mol.